The Morgan fingerprint density at radius 3 is 1.36 bits per heavy atom. The number of carbonyl (C=O) groups is 2. The van der Waals surface area contributed by atoms with Gasteiger partial charge in [-0.3, -0.25) is 0 Å². The zero-order valence-electron chi connectivity index (χ0n) is 14.1. The maximum absolute atomic E-state index is 10.4. The van der Waals surface area contributed by atoms with Crippen molar-refractivity contribution in [1.82, 2.24) is 0 Å². The molecule has 5 heteroatoms. The fraction of sp³-hybridized carbons (Fsp3) is 0.300. The van der Waals surface area contributed by atoms with E-state index in [1.54, 1.807) is 0 Å². The average Bonchev–Trinajstić information content (AvgIpc) is 2.64. The van der Waals surface area contributed by atoms with Gasteiger partial charge in [-0.15, -0.1) is 0 Å². The van der Waals surface area contributed by atoms with Gasteiger partial charge in [-0.05, 0) is 35.4 Å². The van der Waals surface area contributed by atoms with Crippen molar-refractivity contribution in [3.05, 3.63) is 59.7 Å². The summed E-state index contributed by atoms with van der Waals surface area (Å²) in [5.41, 5.74) is 1.94. The standard InChI is InChI=1S/C20H22O5/c21-11-9-17-1-5-19(6-2-17)24-15-13-23-14-16-25-20-7-3-18(4-8-20)10-12-22/h1-8,11-12H,9-10,13-16H2. The van der Waals surface area contributed by atoms with Crippen LogP contribution in [0.2, 0.25) is 0 Å². The summed E-state index contributed by atoms with van der Waals surface area (Å²) in [6.45, 7) is 1.84. The first-order valence-corrected chi connectivity index (χ1v) is 8.20. The molecular formula is C20H22O5. The largest absolute Gasteiger partial charge is 0.491 e. The molecule has 0 spiro atoms. The summed E-state index contributed by atoms with van der Waals surface area (Å²) < 4.78 is 16.6. The SMILES string of the molecule is O=CCc1ccc(OCCOCCOc2ccc(CC=O)cc2)cc1. The van der Waals surface area contributed by atoms with E-state index >= 15 is 0 Å². The van der Waals surface area contributed by atoms with Crippen molar-refractivity contribution in [3.63, 3.8) is 0 Å². The Labute approximate surface area is 147 Å². The van der Waals surface area contributed by atoms with Crippen molar-refractivity contribution in [2.75, 3.05) is 26.4 Å². The van der Waals surface area contributed by atoms with Gasteiger partial charge in [0.25, 0.3) is 0 Å². The van der Waals surface area contributed by atoms with Gasteiger partial charge in [-0.2, -0.15) is 0 Å². The molecule has 132 valence electrons. The number of carbonyl (C=O) groups excluding carboxylic acids is 2. The van der Waals surface area contributed by atoms with Crippen LogP contribution in [0.1, 0.15) is 11.1 Å². The highest BCUT2D eigenvalue weighted by atomic mass is 16.5. The molecule has 0 aliphatic heterocycles. The van der Waals surface area contributed by atoms with E-state index < -0.39 is 0 Å². The summed E-state index contributed by atoms with van der Waals surface area (Å²) in [5, 5.41) is 0. The van der Waals surface area contributed by atoms with Crippen LogP contribution in [0.25, 0.3) is 0 Å². The second-order valence-corrected chi connectivity index (χ2v) is 5.34. The molecule has 0 saturated heterocycles. The fourth-order valence-electron chi connectivity index (χ4n) is 2.17. The van der Waals surface area contributed by atoms with Gasteiger partial charge in [-0.1, -0.05) is 24.3 Å². The van der Waals surface area contributed by atoms with Crippen LogP contribution < -0.4 is 9.47 Å². The topological polar surface area (TPSA) is 61.8 Å². The third kappa shape index (κ3) is 7.18. The van der Waals surface area contributed by atoms with Crippen molar-refractivity contribution in [1.29, 1.82) is 0 Å². The first-order chi connectivity index (χ1) is 12.3. The molecular weight excluding hydrogens is 320 g/mol. The molecule has 0 aliphatic carbocycles. The Morgan fingerprint density at radius 1 is 0.600 bits per heavy atom. The number of benzene rings is 2. The number of rotatable bonds is 12. The van der Waals surface area contributed by atoms with Crippen LogP contribution >= 0.6 is 0 Å². The monoisotopic (exact) mass is 342 g/mol. The normalized spacial score (nSPS) is 10.2. The molecule has 5 nitrogen and oxygen atoms in total. The lowest BCUT2D eigenvalue weighted by molar-refractivity contribution is -0.108. The molecule has 2 aromatic rings. The van der Waals surface area contributed by atoms with Crippen LogP contribution in [0.4, 0.5) is 0 Å². The summed E-state index contributed by atoms with van der Waals surface area (Å²) in [5.74, 6) is 1.51. The predicted octanol–water partition coefficient (Wildman–Crippen LogP) is 2.64. The number of hydrogen-bond donors (Lipinski definition) is 0. The number of ether oxygens (including phenoxy) is 3. The molecule has 0 atom stereocenters. The van der Waals surface area contributed by atoms with Crippen molar-refractivity contribution < 1.29 is 23.8 Å². The molecule has 2 aromatic carbocycles. The van der Waals surface area contributed by atoms with E-state index in [-0.39, 0.29) is 0 Å². The smallest absolute Gasteiger partial charge is 0.124 e. The maximum Gasteiger partial charge on any atom is 0.124 e. The maximum atomic E-state index is 10.4. The number of hydrogen-bond acceptors (Lipinski definition) is 5. The minimum absolute atomic E-state index is 0.420. The highest BCUT2D eigenvalue weighted by Gasteiger charge is 1.98. The lowest BCUT2D eigenvalue weighted by Crippen LogP contribution is -2.12. The third-order valence-corrected chi connectivity index (χ3v) is 3.48. The minimum Gasteiger partial charge on any atom is -0.491 e. The molecule has 0 bridgehead atoms. The van der Waals surface area contributed by atoms with Gasteiger partial charge in [0.2, 0.25) is 0 Å². The first kappa shape index (κ1) is 18.7. The van der Waals surface area contributed by atoms with Gasteiger partial charge >= 0.3 is 0 Å². The van der Waals surface area contributed by atoms with E-state index in [9.17, 15) is 9.59 Å². The quantitative estimate of drug-likeness (QED) is 0.438. The Morgan fingerprint density at radius 2 is 1.00 bits per heavy atom. The Balaban J connectivity index is 1.54. The minimum atomic E-state index is 0.420. The summed E-state index contributed by atoms with van der Waals surface area (Å²) in [7, 11) is 0. The molecule has 0 heterocycles. The molecule has 0 aliphatic rings. The Kier molecular flexibility index (Phi) is 8.21. The van der Waals surface area contributed by atoms with E-state index in [4.69, 9.17) is 14.2 Å². The van der Waals surface area contributed by atoms with Crippen LogP contribution in [0.5, 0.6) is 11.5 Å². The summed E-state index contributed by atoms with van der Waals surface area (Å²) in [6.07, 6.45) is 2.60. The van der Waals surface area contributed by atoms with Crippen molar-refractivity contribution in [2.24, 2.45) is 0 Å². The summed E-state index contributed by atoms with van der Waals surface area (Å²) in [4.78, 5) is 20.8. The zero-order valence-corrected chi connectivity index (χ0v) is 14.1. The number of aldehydes is 2. The van der Waals surface area contributed by atoms with Gasteiger partial charge in [0.15, 0.2) is 0 Å². The molecule has 0 fully saturated rings. The molecule has 0 amide bonds. The summed E-state index contributed by atoms with van der Waals surface area (Å²) >= 11 is 0. The van der Waals surface area contributed by atoms with E-state index in [0.717, 1.165) is 35.2 Å². The summed E-state index contributed by atoms with van der Waals surface area (Å²) in [6, 6.07) is 14.9. The van der Waals surface area contributed by atoms with E-state index in [0.29, 0.717) is 39.3 Å². The lowest BCUT2D eigenvalue weighted by atomic mass is 10.2. The van der Waals surface area contributed by atoms with Crippen LogP contribution in [-0.4, -0.2) is 39.0 Å². The highest BCUT2D eigenvalue weighted by molar-refractivity contribution is 5.55. The predicted molar refractivity (Wildman–Crippen MR) is 94.2 cm³/mol. The average molecular weight is 342 g/mol. The molecule has 0 saturated carbocycles. The van der Waals surface area contributed by atoms with Gasteiger partial charge in [0, 0.05) is 12.8 Å². The van der Waals surface area contributed by atoms with E-state index in [2.05, 4.69) is 0 Å². The third-order valence-electron chi connectivity index (χ3n) is 3.48. The van der Waals surface area contributed by atoms with Gasteiger partial charge in [-0.25, -0.2) is 0 Å². The van der Waals surface area contributed by atoms with Gasteiger partial charge in [0.1, 0.15) is 37.3 Å². The van der Waals surface area contributed by atoms with Crippen LogP contribution in [0, 0.1) is 0 Å². The Bertz CT molecular complexity index is 577. The molecule has 0 N–H and O–H groups in total. The van der Waals surface area contributed by atoms with E-state index in [1.807, 2.05) is 48.5 Å². The van der Waals surface area contributed by atoms with Crippen molar-refractivity contribution in [3.8, 4) is 11.5 Å². The van der Waals surface area contributed by atoms with Gasteiger partial charge in [0.05, 0.1) is 13.2 Å². The zero-order chi connectivity index (χ0) is 17.7. The lowest BCUT2D eigenvalue weighted by Gasteiger charge is -2.09. The molecule has 0 radical (unpaired) electrons. The second-order valence-electron chi connectivity index (χ2n) is 5.34. The molecule has 25 heavy (non-hydrogen) atoms. The first-order valence-electron chi connectivity index (χ1n) is 8.20. The fourth-order valence-corrected chi connectivity index (χ4v) is 2.17. The van der Waals surface area contributed by atoms with Crippen LogP contribution in [0.3, 0.4) is 0 Å². The molecule has 0 aromatic heterocycles. The Hall–Kier alpha value is -2.66. The van der Waals surface area contributed by atoms with Crippen molar-refractivity contribution >= 4 is 12.6 Å². The van der Waals surface area contributed by atoms with E-state index in [1.165, 1.54) is 0 Å². The molecule has 2 rings (SSSR count). The second kappa shape index (κ2) is 11.0. The van der Waals surface area contributed by atoms with Crippen LogP contribution in [0.15, 0.2) is 48.5 Å². The molecule has 0 unspecified atom stereocenters. The highest BCUT2D eigenvalue weighted by Crippen LogP contribution is 2.13. The van der Waals surface area contributed by atoms with Crippen molar-refractivity contribution in [2.45, 2.75) is 12.8 Å². The van der Waals surface area contributed by atoms with Crippen LogP contribution in [-0.2, 0) is 27.2 Å². The van der Waals surface area contributed by atoms with Gasteiger partial charge < -0.3 is 23.8 Å².